The van der Waals surface area contributed by atoms with Crippen molar-refractivity contribution in [3.8, 4) is 5.75 Å². The lowest BCUT2D eigenvalue weighted by Gasteiger charge is -2.34. The topological polar surface area (TPSA) is 32.8 Å². The average molecular weight is 324 g/mol. The number of benzene rings is 2. The molecule has 1 aliphatic rings. The Kier molecular flexibility index (Phi) is 5.49. The maximum absolute atomic E-state index is 12.3. The molecule has 2 aromatic carbocycles. The van der Waals surface area contributed by atoms with E-state index in [1.807, 2.05) is 35.2 Å². The molecule has 0 aromatic heterocycles. The smallest absolute Gasteiger partial charge is 0.260 e. The zero-order valence-corrected chi connectivity index (χ0v) is 14.1. The van der Waals surface area contributed by atoms with Gasteiger partial charge in [0.2, 0.25) is 0 Å². The van der Waals surface area contributed by atoms with Crippen LogP contribution in [0.25, 0.3) is 0 Å². The van der Waals surface area contributed by atoms with Crippen molar-refractivity contribution in [1.82, 2.24) is 9.80 Å². The number of aryl methyl sites for hydroxylation is 1. The minimum absolute atomic E-state index is 0.0639. The maximum atomic E-state index is 12.3. The molecule has 0 aliphatic carbocycles. The molecule has 0 unspecified atom stereocenters. The average Bonchev–Trinajstić information content (AvgIpc) is 2.61. The van der Waals surface area contributed by atoms with Crippen LogP contribution in [0.4, 0.5) is 0 Å². The second-order valence-corrected chi connectivity index (χ2v) is 6.25. The van der Waals surface area contributed by atoms with Gasteiger partial charge in [0.25, 0.3) is 5.91 Å². The fourth-order valence-corrected chi connectivity index (χ4v) is 2.98. The SMILES string of the molecule is Cc1cccc(CN2CCN(C(=O)COc3ccccc3)CC2)c1. The van der Waals surface area contributed by atoms with Gasteiger partial charge in [0.05, 0.1) is 0 Å². The lowest BCUT2D eigenvalue weighted by molar-refractivity contribution is -0.135. The number of hydrogen-bond acceptors (Lipinski definition) is 3. The summed E-state index contributed by atoms with van der Waals surface area (Å²) < 4.78 is 5.55. The summed E-state index contributed by atoms with van der Waals surface area (Å²) in [7, 11) is 0. The van der Waals surface area contributed by atoms with Gasteiger partial charge in [-0.25, -0.2) is 0 Å². The monoisotopic (exact) mass is 324 g/mol. The molecule has 126 valence electrons. The number of amides is 1. The molecule has 1 heterocycles. The molecule has 0 atom stereocenters. The Morgan fingerprint density at radius 1 is 1.00 bits per heavy atom. The zero-order chi connectivity index (χ0) is 16.8. The van der Waals surface area contributed by atoms with Crippen molar-refractivity contribution in [2.24, 2.45) is 0 Å². The van der Waals surface area contributed by atoms with Crippen molar-refractivity contribution in [3.63, 3.8) is 0 Å². The lowest BCUT2D eigenvalue weighted by atomic mass is 10.1. The fraction of sp³-hybridized carbons (Fsp3) is 0.350. The first-order valence-electron chi connectivity index (χ1n) is 8.44. The number of nitrogens with zero attached hydrogens (tertiary/aromatic N) is 2. The third-order valence-electron chi connectivity index (χ3n) is 4.32. The highest BCUT2D eigenvalue weighted by Gasteiger charge is 2.21. The van der Waals surface area contributed by atoms with E-state index < -0.39 is 0 Å². The van der Waals surface area contributed by atoms with Crippen molar-refractivity contribution in [1.29, 1.82) is 0 Å². The number of rotatable bonds is 5. The van der Waals surface area contributed by atoms with Crippen LogP contribution in [0.15, 0.2) is 54.6 Å². The van der Waals surface area contributed by atoms with Crippen LogP contribution < -0.4 is 4.74 Å². The quantitative estimate of drug-likeness (QED) is 0.848. The fourth-order valence-electron chi connectivity index (χ4n) is 2.98. The zero-order valence-electron chi connectivity index (χ0n) is 14.1. The summed E-state index contributed by atoms with van der Waals surface area (Å²) in [6.45, 7) is 6.53. The largest absolute Gasteiger partial charge is 0.484 e. The number of para-hydroxylation sites is 1. The van der Waals surface area contributed by atoms with Gasteiger partial charge in [-0.1, -0.05) is 48.0 Å². The summed E-state index contributed by atoms with van der Waals surface area (Å²) in [5, 5.41) is 0. The summed E-state index contributed by atoms with van der Waals surface area (Å²) in [6.07, 6.45) is 0. The van der Waals surface area contributed by atoms with E-state index in [1.165, 1.54) is 11.1 Å². The molecule has 0 spiro atoms. The molecule has 24 heavy (non-hydrogen) atoms. The highest BCUT2D eigenvalue weighted by Crippen LogP contribution is 2.12. The molecule has 1 amide bonds. The highest BCUT2D eigenvalue weighted by molar-refractivity contribution is 5.77. The van der Waals surface area contributed by atoms with E-state index in [4.69, 9.17) is 4.74 Å². The first-order valence-corrected chi connectivity index (χ1v) is 8.44. The molecule has 0 saturated carbocycles. The van der Waals surface area contributed by atoms with Crippen LogP contribution in [0.2, 0.25) is 0 Å². The van der Waals surface area contributed by atoms with E-state index in [9.17, 15) is 4.79 Å². The van der Waals surface area contributed by atoms with Crippen LogP contribution in [-0.2, 0) is 11.3 Å². The number of carbonyl (C=O) groups excluding carboxylic acids is 1. The molecule has 1 aliphatic heterocycles. The molecular formula is C20H24N2O2. The Morgan fingerprint density at radius 2 is 1.75 bits per heavy atom. The van der Waals surface area contributed by atoms with Crippen LogP contribution in [0, 0.1) is 6.92 Å². The second kappa shape index (κ2) is 7.97. The van der Waals surface area contributed by atoms with E-state index >= 15 is 0 Å². The van der Waals surface area contributed by atoms with Gasteiger partial charge in [-0.3, -0.25) is 9.69 Å². The molecule has 0 N–H and O–H groups in total. The predicted octanol–water partition coefficient (Wildman–Crippen LogP) is 2.72. The van der Waals surface area contributed by atoms with Gasteiger partial charge in [0.1, 0.15) is 5.75 Å². The third-order valence-corrected chi connectivity index (χ3v) is 4.32. The Bertz CT molecular complexity index is 664. The minimum atomic E-state index is 0.0639. The van der Waals surface area contributed by atoms with Crippen LogP contribution in [0.5, 0.6) is 5.75 Å². The van der Waals surface area contributed by atoms with E-state index in [2.05, 4.69) is 36.1 Å². The molecular weight excluding hydrogens is 300 g/mol. The molecule has 1 fully saturated rings. The van der Waals surface area contributed by atoms with Gasteiger partial charge in [-0.2, -0.15) is 0 Å². The molecule has 2 aromatic rings. The summed E-state index contributed by atoms with van der Waals surface area (Å²) in [5.41, 5.74) is 2.63. The second-order valence-electron chi connectivity index (χ2n) is 6.25. The highest BCUT2D eigenvalue weighted by atomic mass is 16.5. The molecule has 0 radical (unpaired) electrons. The Hall–Kier alpha value is -2.33. The Balaban J connectivity index is 1.43. The Labute approximate surface area is 143 Å². The molecule has 0 bridgehead atoms. The normalized spacial score (nSPS) is 15.3. The predicted molar refractivity (Wildman–Crippen MR) is 95.0 cm³/mol. The first kappa shape index (κ1) is 16.5. The number of ether oxygens (including phenoxy) is 1. The summed E-state index contributed by atoms with van der Waals surface area (Å²) in [4.78, 5) is 16.6. The molecule has 3 rings (SSSR count). The van der Waals surface area contributed by atoms with Crippen molar-refractivity contribution in [2.45, 2.75) is 13.5 Å². The summed E-state index contributed by atoms with van der Waals surface area (Å²) in [6, 6.07) is 18.1. The van der Waals surface area contributed by atoms with Crippen LogP contribution in [0.1, 0.15) is 11.1 Å². The number of hydrogen-bond donors (Lipinski definition) is 0. The van der Waals surface area contributed by atoms with Crippen molar-refractivity contribution >= 4 is 5.91 Å². The molecule has 4 nitrogen and oxygen atoms in total. The molecule has 1 saturated heterocycles. The van der Waals surface area contributed by atoms with E-state index in [0.29, 0.717) is 0 Å². The standard InChI is InChI=1S/C20H24N2O2/c1-17-6-5-7-18(14-17)15-21-10-12-22(13-11-21)20(23)16-24-19-8-3-2-4-9-19/h2-9,14H,10-13,15-16H2,1H3. The van der Waals surface area contributed by atoms with Gasteiger partial charge in [-0.15, -0.1) is 0 Å². The minimum Gasteiger partial charge on any atom is -0.484 e. The van der Waals surface area contributed by atoms with E-state index in [1.54, 1.807) is 0 Å². The van der Waals surface area contributed by atoms with Crippen molar-refractivity contribution in [2.75, 3.05) is 32.8 Å². The third kappa shape index (κ3) is 4.59. The molecule has 4 heteroatoms. The number of carbonyl (C=O) groups is 1. The van der Waals surface area contributed by atoms with Gasteiger partial charge in [0, 0.05) is 32.7 Å². The Morgan fingerprint density at radius 3 is 2.46 bits per heavy atom. The number of piperazine rings is 1. The van der Waals surface area contributed by atoms with Crippen molar-refractivity contribution < 1.29 is 9.53 Å². The van der Waals surface area contributed by atoms with E-state index in [0.717, 1.165) is 38.5 Å². The first-order chi connectivity index (χ1) is 11.7. The summed E-state index contributed by atoms with van der Waals surface area (Å²) >= 11 is 0. The van der Waals surface area contributed by atoms with Crippen LogP contribution in [-0.4, -0.2) is 48.5 Å². The van der Waals surface area contributed by atoms with Crippen LogP contribution >= 0.6 is 0 Å². The van der Waals surface area contributed by atoms with Crippen LogP contribution in [0.3, 0.4) is 0 Å². The van der Waals surface area contributed by atoms with Gasteiger partial charge in [-0.05, 0) is 24.6 Å². The van der Waals surface area contributed by atoms with E-state index in [-0.39, 0.29) is 12.5 Å². The van der Waals surface area contributed by atoms with Gasteiger partial charge < -0.3 is 9.64 Å². The van der Waals surface area contributed by atoms with Gasteiger partial charge >= 0.3 is 0 Å². The van der Waals surface area contributed by atoms with Gasteiger partial charge in [0.15, 0.2) is 6.61 Å². The maximum Gasteiger partial charge on any atom is 0.260 e. The van der Waals surface area contributed by atoms with Crippen molar-refractivity contribution in [3.05, 3.63) is 65.7 Å². The lowest BCUT2D eigenvalue weighted by Crippen LogP contribution is -2.49. The summed E-state index contributed by atoms with van der Waals surface area (Å²) in [5.74, 6) is 0.804.